The van der Waals surface area contributed by atoms with E-state index in [2.05, 4.69) is 20.3 Å². The van der Waals surface area contributed by atoms with Gasteiger partial charge in [0.05, 0.1) is 21.9 Å². The molecule has 216 valence electrons. The minimum atomic E-state index is -0.690. The monoisotopic (exact) mass is 627 g/mol. The van der Waals surface area contributed by atoms with E-state index in [0.717, 1.165) is 41.9 Å². The SMILES string of the molecule is CN(c1ncc(Sc2ccnc(C(=O)NCC(c3ccccc3)c3ccccc3CO)c2F)s1)c1nccc2sccc12. The zero-order valence-electron chi connectivity index (χ0n) is 23.0. The number of nitrogens with one attached hydrogen (secondary N) is 1. The molecule has 0 aliphatic carbocycles. The van der Waals surface area contributed by atoms with Crippen molar-refractivity contribution in [3.63, 3.8) is 0 Å². The van der Waals surface area contributed by atoms with Gasteiger partial charge in [-0.3, -0.25) is 4.79 Å². The summed E-state index contributed by atoms with van der Waals surface area (Å²) in [7, 11) is 1.91. The first-order chi connectivity index (χ1) is 21.0. The first-order valence-electron chi connectivity index (χ1n) is 13.4. The zero-order chi connectivity index (χ0) is 29.8. The van der Waals surface area contributed by atoms with Gasteiger partial charge in [0.15, 0.2) is 16.6 Å². The highest BCUT2D eigenvalue weighted by Gasteiger charge is 2.22. The summed E-state index contributed by atoms with van der Waals surface area (Å²) in [6, 6.07) is 22.8. The van der Waals surface area contributed by atoms with Crippen LogP contribution in [0, 0.1) is 5.82 Å². The van der Waals surface area contributed by atoms with Gasteiger partial charge in [0.25, 0.3) is 5.91 Å². The Morgan fingerprint density at radius 1 is 1.02 bits per heavy atom. The number of thiophene rings is 1. The molecule has 1 atom stereocenters. The molecule has 0 radical (unpaired) electrons. The number of aliphatic hydroxyl groups is 1. The summed E-state index contributed by atoms with van der Waals surface area (Å²) >= 11 is 4.26. The normalized spacial score (nSPS) is 11.9. The van der Waals surface area contributed by atoms with Crippen molar-refractivity contribution >= 4 is 61.4 Å². The van der Waals surface area contributed by atoms with Crippen LogP contribution in [0.2, 0.25) is 0 Å². The summed E-state index contributed by atoms with van der Waals surface area (Å²) in [6.07, 6.45) is 4.91. The highest BCUT2D eigenvalue weighted by molar-refractivity contribution is 8.01. The van der Waals surface area contributed by atoms with Gasteiger partial charge in [-0.05, 0) is 40.3 Å². The van der Waals surface area contributed by atoms with Gasteiger partial charge in [-0.25, -0.2) is 19.3 Å². The van der Waals surface area contributed by atoms with Crippen molar-refractivity contribution in [2.75, 3.05) is 18.5 Å². The van der Waals surface area contributed by atoms with Gasteiger partial charge >= 0.3 is 0 Å². The Kier molecular flexibility index (Phi) is 8.75. The number of hydrogen-bond acceptors (Lipinski definition) is 9. The van der Waals surface area contributed by atoms with Gasteiger partial charge in [-0.15, -0.1) is 11.3 Å². The number of benzene rings is 2. The molecule has 0 aliphatic heterocycles. The van der Waals surface area contributed by atoms with Gasteiger partial charge in [0.1, 0.15) is 5.82 Å². The molecule has 0 bridgehead atoms. The second kappa shape index (κ2) is 13.0. The van der Waals surface area contributed by atoms with Crippen LogP contribution in [0.3, 0.4) is 0 Å². The molecule has 2 aromatic carbocycles. The fraction of sp³-hybridized carbons (Fsp3) is 0.125. The van der Waals surface area contributed by atoms with Crippen molar-refractivity contribution < 1.29 is 14.3 Å². The van der Waals surface area contributed by atoms with Crippen LogP contribution in [0.1, 0.15) is 33.1 Å². The van der Waals surface area contributed by atoms with E-state index >= 15 is 4.39 Å². The Balaban J connectivity index is 1.19. The fourth-order valence-corrected chi connectivity index (χ4v) is 7.54. The standard InChI is InChI=1S/C32H26FN5O2S3/c1-38(30-23-13-16-41-25(23)11-15-35-30)32-37-18-27(43-32)42-26-12-14-34-29(28(26)33)31(40)36-17-24(20-7-3-2-4-8-20)22-10-6-5-9-21(22)19-39/h2-16,18,24,39H,17,19H2,1H3,(H,36,40). The molecule has 1 unspecified atom stereocenters. The number of halogens is 1. The van der Waals surface area contributed by atoms with Crippen LogP contribution in [-0.4, -0.2) is 39.6 Å². The Morgan fingerprint density at radius 3 is 2.65 bits per heavy atom. The number of fused-ring (bicyclic) bond motifs is 1. The lowest BCUT2D eigenvalue weighted by Gasteiger charge is -2.21. The van der Waals surface area contributed by atoms with Crippen molar-refractivity contribution in [1.29, 1.82) is 0 Å². The molecule has 4 aromatic heterocycles. The molecule has 1 amide bonds. The Bertz CT molecular complexity index is 1880. The van der Waals surface area contributed by atoms with Crippen LogP contribution in [0.15, 0.2) is 106 Å². The third kappa shape index (κ3) is 6.16. The van der Waals surface area contributed by atoms with Gasteiger partial charge in [0.2, 0.25) is 0 Å². The molecule has 4 heterocycles. The molecule has 6 rings (SSSR count). The molecule has 7 nitrogen and oxygen atoms in total. The molecule has 43 heavy (non-hydrogen) atoms. The molecule has 2 N–H and O–H groups in total. The number of carbonyl (C=O) groups is 1. The van der Waals surface area contributed by atoms with Gasteiger partial charge < -0.3 is 15.3 Å². The minimum Gasteiger partial charge on any atom is -0.392 e. The molecule has 0 saturated heterocycles. The highest BCUT2D eigenvalue weighted by Crippen LogP contribution is 2.39. The van der Waals surface area contributed by atoms with Crippen LogP contribution in [-0.2, 0) is 6.61 Å². The summed E-state index contributed by atoms with van der Waals surface area (Å²) < 4.78 is 17.6. The van der Waals surface area contributed by atoms with E-state index in [1.165, 1.54) is 29.3 Å². The summed E-state index contributed by atoms with van der Waals surface area (Å²) in [5, 5.41) is 16.6. The van der Waals surface area contributed by atoms with Crippen LogP contribution < -0.4 is 10.2 Å². The average Bonchev–Trinajstić information content (AvgIpc) is 3.72. The van der Waals surface area contributed by atoms with Crippen molar-refractivity contribution in [3.8, 4) is 0 Å². The maximum Gasteiger partial charge on any atom is 0.273 e. The molecule has 0 aliphatic rings. The maximum absolute atomic E-state index is 15.7. The number of nitrogens with zero attached hydrogens (tertiary/aromatic N) is 4. The lowest BCUT2D eigenvalue weighted by atomic mass is 9.88. The number of rotatable bonds is 10. The van der Waals surface area contributed by atoms with Crippen LogP contribution in [0.5, 0.6) is 0 Å². The lowest BCUT2D eigenvalue weighted by Crippen LogP contribution is -2.30. The minimum absolute atomic E-state index is 0.127. The lowest BCUT2D eigenvalue weighted by molar-refractivity contribution is 0.0942. The molecule has 0 fully saturated rings. The van der Waals surface area contributed by atoms with Gasteiger partial charge in [0, 0.05) is 42.0 Å². The van der Waals surface area contributed by atoms with Crippen LogP contribution in [0.4, 0.5) is 15.3 Å². The second-order valence-electron chi connectivity index (χ2n) is 9.59. The molecule has 11 heteroatoms. The van der Waals surface area contributed by atoms with E-state index in [1.54, 1.807) is 29.8 Å². The number of amides is 1. The fourth-order valence-electron chi connectivity index (χ4n) is 4.85. The predicted molar refractivity (Wildman–Crippen MR) is 171 cm³/mol. The molecular weight excluding hydrogens is 602 g/mol. The molecule has 6 aromatic rings. The first kappa shape index (κ1) is 28.9. The Morgan fingerprint density at radius 2 is 1.81 bits per heavy atom. The largest absolute Gasteiger partial charge is 0.392 e. The third-order valence-corrected chi connectivity index (χ3v) is 10.1. The summed E-state index contributed by atoms with van der Waals surface area (Å²) in [5.41, 5.74) is 2.36. The number of hydrogen-bond donors (Lipinski definition) is 2. The maximum atomic E-state index is 15.7. The van der Waals surface area contributed by atoms with Gasteiger partial charge in [-0.2, -0.15) is 0 Å². The average molecular weight is 628 g/mol. The second-order valence-corrected chi connectivity index (χ2v) is 12.9. The number of carbonyl (C=O) groups excluding carboxylic acids is 1. The van der Waals surface area contributed by atoms with E-state index in [0.29, 0.717) is 0 Å². The third-order valence-electron chi connectivity index (χ3n) is 6.98. The van der Waals surface area contributed by atoms with E-state index in [4.69, 9.17) is 0 Å². The van der Waals surface area contributed by atoms with Gasteiger partial charge in [-0.1, -0.05) is 77.7 Å². The summed E-state index contributed by atoms with van der Waals surface area (Å²) in [6.45, 7) is 0.0754. The van der Waals surface area contributed by atoms with Crippen molar-refractivity contribution in [2.45, 2.75) is 21.6 Å². The molecule has 0 spiro atoms. The Labute approximate surface area is 260 Å². The van der Waals surface area contributed by atoms with E-state index < -0.39 is 11.7 Å². The highest BCUT2D eigenvalue weighted by atomic mass is 32.2. The predicted octanol–water partition coefficient (Wildman–Crippen LogP) is 7.26. The van der Waals surface area contributed by atoms with E-state index in [9.17, 15) is 9.90 Å². The number of aromatic nitrogens is 3. The van der Waals surface area contributed by atoms with Crippen LogP contribution >= 0.6 is 34.4 Å². The van der Waals surface area contributed by atoms with Crippen molar-refractivity contribution in [3.05, 3.63) is 125 Å². The van der Waals surface area contributed by atoms with Crippen LogP contribution in [0.25, 0.3) is 10.1 Å². The molecular formula is C32H26FN5O2S3. The van der Waals surface area contributed by atoms with Crippen molar-refractivity contribution in [1.82, 2.24) is 20.3 Å². The summed E-state index contributed by atoms with van der Waals surface area (Å²) in [4.78, 5) is 28.6. The number of aliphatic hydroxyl groups excluding tert-OH is 1. The number of pyridine rings is 2. The topological polar surface area (TPSA) is 91.2 Å². The number of anilines is 2. The molecule has 0 saturated carbocycles. The summed E-state index contributed by atoms with van der Waals surface area (Å²) in [5.74, 6) is -0.739. The first-order valence-corrected chi connectivity index (χ1v) is 15.9. The van der Waals surface area contributed by atoms with E-state index in [-0.39, 0.29) is 29.7 Å². The van der Waals surface area contributed by atoms with Crippen molar-refractivity contribution in [2.24, 2.45) is 0 Å². The quantitative estimate of drug-likeness (QED) is 0.165. The number of thiazole rings is 1. The zero-order valence-corrected chi connectivity index (χ0v) is 25.4. The smallest absolute Gasteiger partial charge is 0.273 e. The van der Waals surface area contributed by atoms with E-state index in [1.807, 2.05) is 84.1 Å². The Hall–Kier alpha value is -4.16.